The Morgan fingerprint density at radius 2 is 2.29 bits per heavy atom. The van der Waals surface area contributed by atoms with Crippen molar-refractivity contribution >= 4 is 19.3 Å². The van der Waals surface area contributed by atoms with E-state index in [1.54, 1.807) is 6.92 Å². The molecule has 0 aromatic heterocycles. The van der Waals surface area contributed by atoms with E-state index in [9.17, 15) is 9.59 Å². The molecule has 3 fully saturated rings. The van der Waals surface area contributed by atoms with E-state index in [2.05, 4.69) is 5.32 Å². The predicted molar refractivity (Wildman–Crippen MR) is 59.2 cm³/mol. The Morgan fingerprint density at radius 1 is 1.53 bits per heavy atom. The summed E-state index contributed by atoms with van der Waals surface area (Å²) in [6.45, 7) is 3.70. The maximum Gasteiger partial charge on any atom is 0.409 e. The fourth-order valence-corrected chi connectivity index (χ4v) is 3.35. The molecule has 4 atom stereocenters. The van der Waals surface area contributed by atoms with Gasteiger partial charge in [0.25, 0.3) is 0 Å². The Bertz CT molecular complexity index is 401. The standard InChI is InChI=1S/C11H13BNO4/c1-6-11-7(12-2)4-3-5-10(11,8(14)16-6)17-9(15)13-11/h3-4,6-7H,5H2,1-2H3,(H,13,15)/t6-,7+,10-,11-/m1/s1. The Balaban J connectivity index is 2.16. The van der Waals surface area contributed by atoms with Crippen molar-refractivity contribution in [3.63, 3.8) is 0 Å². The van der Waals surface area contributed by atoms with Gasteiger partial charge in [-0.2, -0.15) is 0 Å². The largest absolute Gasteiger partial charge is 0.457 e. The number of hydrogen-bond donors (Lipinski definition) is 1. The second-order valence-corrected chi connectivity index (χ2v) is 4.75. The Labute approximate surface area is 100 Å². The van der Waals surface area contributed by atoms with Gasteiger partial charge in [0, 0.05) is 6.42 Å². The average Bonchev–Trinajstić information content (AvgIpc) is 2.71. The van der Waals surface area contributed by atoms with Crippen LogP contribution in [0.15, 0.2) is 0 Å². The van der Waals surface area contributed by atoms with Crippen molar-refractivity contribution in [1.29, 1.82) is 0 Å². The normalized spacial score (nSPS) is 47.6. The summed E-state index contributed by atoms with van der Waals surface area (Å²) in [5.41, 5.74) is -1.97. The van der Waals surface area contributed by atoms with Gasteiger partial charge < -0.3 is 14.8 Å². The predicted octanol–water partition coefficient (Wildman–Crippen LogP) is 0.502. The first-order valence-corrected chi connectivity index (χ1v) is 5.75. The number of ether oxygens (including phenoxy) is 2. The second-order valence-electron chi connectivity index (χ2n) is 4.75. The van der Waals surface area contributed by atoms with Crippen LogP contribution in [0.3, 0.4) is 0 Å². The minimum absolute atomic E-state index is 0.0656. The van der Waals surface area contributed by atoms with Gasteiger partial charge in [0.2, 0.25) is 5.60 Å². The maximum atomic E-state index is 12.0. The van der Waals surface area contributed by atoms with Crippen LogP contribution in [-0.4, -0.2) is 36.6 Å². The second kappa shape index (κ2) is 3.18. The number of carbonyl (C=O) groups excluding carboxylic acids is 2. The van der Waals surface area contributed by atoms with Gasteiger partial charge >= 0.3 is 12.1 Å². The summed E-state index contributed by atoms with van der Waals surface area (Å²) in [5.74, 6) is -0.510. The van der Waals surface area contributed by atoms with Crippen molar-refractivity contribution in [3.8, 4) is 0 Å². The van der Waals surface area contributed by atoms with Crippen LogP contribution in [0, 0.1) is 12.8 Å². The molecule has 1 N–H and O–H groups in total. The molecule has 3 radical (unpaired) electrons. The van der Waals surface area contributed by atoms with E-state index in [0.29, 0.717) is 6.42 Å². The molecule has 2 saturated heterocycles. The molecule has 2 heterocycles. The third-order valence-corrected chi connectivity index (χ3v) is 4.13. The minimum Gasteiger partial charge on any atom is -0.457 e. The van der Waals surface area contributed by atoms with Gasteiger partial charge in [-0.15, -0.1) is 0 Å². The van der Waals surface area contributed by atoms with Gasteiger partial charge in [-0.25, -0.2) is 9.59 Å². The number of cyclic esters (lactones) is 1. The van der Waals surface area contributed by atoms with Crippen LogP contribution in [-0.2, 0) is 14.3 Å². The molecule has 3 aliphatic rings. The molecule has 0 aromatic carbocycles. The summed E-state index contributed by atoms with van der Waals surface area (Å²) >= 11 is 0. The lowest BCUT2D eigenvalue weighted by molar-refractivity contribution is -0.154. The van der Waals surface area contributed by atoms with Gasteiger partial charge in [0.1, 0.15) is 18.9 Å². The lowest BCUT2D eigenvalue weighted by Crippen LogP contribution is -2.65. The highest BCUT2D eigenvalue weighted by molar-refractivity contribution is 6.37. The van der Waals surface area contributed by atoms with E-state index in [0.717, 1.165) is 0 Å². The fourth-order valence-electron chi connectivity index (χ4n) is 3.35. The van der Waals surface area contributed by atoms with Crippen LogP contribution in [0.1, 0.15) is 13.3 Å². The molecule has 0 bridgehead atoms. The van der Waals surface area contributed by atoms with E-state index in [4.69, 9.17) is 9.47 Å². The van der Waals surface area contributed by atoms with E-state index in [-0.39, 0.29) is 5.82 Å². The van der Waals surface area contributed by atoms with Crippen molar-refractivity contribution in [2.24, 2.45) is 0 Å². The van der Waals surface area contributed by atoms with Gasteiger partial charge in [-0.1, -0.05) is 6.82 Å². The van der Waals surface area contributed by atoms with Gasteiger partial charge in [0.05, 0.1) is 0 Å². The highest BCUT2D eigenvalue weighted by Crippen LogP contribution is 2.55. The summed E-state index contributed by atoms with van der Waals surface area (Å²) < 4.78 is 10.6. The molecule has 6 heteroatoms. The van der Waals surface area contributed by atoms with Crippen LogP contribution in [0.2, 0.25) is 12.6 Å². The van der Waals surface area contributed by atoms with Crippen LogP contribution in [0.4, 0.5) is 4.79 Å². The molecular weight excluding hydrogens is 221 g/mol. The third-order valence-electron chi connectivity index (χ3n) is 4.13. The number of amides is 1. The van der Waals surface area contributed by atoms with E-state index in [1.807, 2.05) is 26.9 Å². The minimum atomic E-state index is -1.19. The van der Waals surface area contributed by atoms with Gasteiger partial charge in [-0.05, 0) is 25.6 Å². The molecule has 2 aliphatic heterocycles. The zero-order valence-electron chi connectivity index (χ0n) is 9.73. The maximum absolute atomic E-state index is 12.0. The van der Waals surface area contributed by atoms with E-state index < -0.39 is 29.3 Å². The molecule has 1 amide bonds. The summed E-state index contributed by atoms with van der Waals surface area (Å²) in [7, 11) is 1.96. The molecule has 89 valence electrons. The number of carbonyl (C=O) groups is 2. The van der Waals surface area contributed by atoms with Crippen LogP contribution < -0.4 is 5.32 Å². The monoisotopic (exact) mass is 234 g/mol. The van der Waals surface area contributed by atoms with Crippen LogP contribution >= 0.6 is 0 Å². The number of rotatable bonds is 1. The smallest absolute Gasteiger partial charge is 0.409 e. The Kier molecular flexibility index (Phi) is 2.04. The third kappa shape index (κ3) is 1.02. The van der Waals surface area contributed by atoms with Crippen molar-refractivity contribution in [2.45, 2.75) is 43.2 Å². The fraction of sp³-hybridized carbons (Fsp3) is 0.636. The lowest BCUT2D eigenvalue weighted by Gasteiger charge is -2.44. The summed E-state index contributed by atoms with van der Waals surface area (Å²) in [6.07, 6.45) is 3.31. The molecule has 0 aromatic rings. The highest BCUT2D eigenvalue weighted by atomic mass is 16.6. The topological polar surface area (TPSA) is 64.6 Å². The Morgan fingerprint density at radius 3 is 3.00 bits per heavy atom. The lowest BCUT2D eigenvalue weighted by atomic mass is 9.48. The number of esters is 1. The van der Waals surface area contributed by atoms with Crippen molar-refractivity contribution in [2.75, 3.05) is 0 Å². The highest BCUT2D eigenvalue weighted by Gasteiger charge is 2.76. The zero-order valence-corrected chi connectivity index (χ0v) is 9.73. The summed E-state index contributed by atoms with van der Waals surface area (Å²) in [5, 5.41) is 2.81. The summed E-state index contributed by atoms with van der Waals surface area (Å²) in [4.78, 5) is 23.6. The molecule has 1 aliphatic carbocycles. The van der Waals surface area contributed by atoms with Gasteiger partial charge in [0.15, 0.2) is 0 Å². The Hall–Kier alpha value is -1.20. The zero-order chi connectivity index (χ0) is 12.3. The molecule has 0 unspecified atom stereocenters. The molecular formula is C11H13BNO4. The first-order valence-electron chi connectivity index (χ1n) is 5.75. The number of hydrogen-bond acceptors (Lipinski definition) is 4. The first-order chi connectivity index (χ1) is 8.07. The van der Waals surface area contributed by atoms with E-state index in [1.165, 1.54) is 0 Å². The average molecular weight is 234 g/mol. The molecule has 3 rings (SSSR count). The molecule has 17 heavy (non-hydrogen) atoms. The van der Waals surface area contributed by atoms with E-state index >= 15 is 0 Å². The first kappa shape index (κ1) is 10.9. The molecule has 5 nitrogen and oxygen atoms in total. The SMILES string of the molecule is C[B][C@H]1[CH][CH]C[C@]23OC(=O)N[C@]12[C@@H](C)OC3=O. The quantitative estimate of drug-likeness (QED) is 0.530. The van der Waals surface area contributed by atoms with Crippen LogP contribution in [0.25, 0.3) is 0 Å². The van der Waals surface area contributed by atoms with Crippen molar-refractivity contribution in [1.82, 2.24) is 5.32 Å². The van der Waals surface area contributed by atoms with Crippen molar-refractivity contribution < 1.29 is 19.1 Å². The number of nitrogens with one attached hydrogen (secondary N) is 1. The summed E-state index contributed by atoms with van der Waals surface area (Å²) in [6, 6.07) is 0. The molecule has 1 saturated carbocycles. The number of alkyl carbamates (subject to hydrolysis) is 1. The van der Waals surface area contributed by atoms with Gasteiger partial charge in [-0.3, -0.25) is 0 Å². The van der Waals surface area contributed by atoms with Crippen LogP contribution in [0.5, 0.6) is 0 Å². The van der Waals surface area contributed by atoms with Crippen molar-refractivity contribution in [3.05, 3.63) is 12.8 Å². The molecule has 0 spiro atoms.